The van der Waals surface area contributed by atoms with Crippen LogP contribution >= 0.6 is 0 Å². The van der Waals surface area contributed by atoms with Crippen LogP contribution in [0.15, 0.2) is 121 Å². The van der Waals surface area contributed by atoms with E-state index in [1.54, 1.807) is 0 Å². The summed E-state index contributed by atoms with van der Waals surface area (Å²) in [6.07, 6.45) is 0. The number of rotatable bonds is 0. The Morgan fingerprint density at radius 3 is 0.895 bits per heavy atom. The van der Waals surface area contributed by atoms with Crippen molar-refractivity contribution in [3.63, 3.8) is 0 Å². The van der Waals surface area contributed by atoms with Crippen molar-refractivity contribution in [3.8, 4) is 11.5 Å². The lowest BCUT2D eigenvalue weighted by Crippen LogP contribution is -2.33. The second kappa shape index (κ2) is 7.37. The highest BCUT2D eigenvalue weighted by Crippen LogP contribution is 2.40. The lowest BCUT2D eigenvalue weighted by Gasteiger charge is -2.23. The van der Waals surface area contributed by atoms with E-state index in [2.05, 4.69) is 129 Å². The van der Waals surface area contributed by atoms with E-state index in [4.69, 9.17) is 4.74 Å². The Labute approximate surface area is 220 Å². The van der Waals surface area contributed by atoms with Gasteiger partial charge < -0.3 is 4.74 Å². The van der Waals surface area contributed by atoms with Crippen molar-refractivity contribution in [2.24, 2.45) is 0 Å². The molecule has 0 aromatic heterocycles. The molecule has 8 aromatic rings. The number of hydrogen-bond donors (Lipinski definition) is 0. The molecule has 9 rings (SSSR count). The largest absolute Gasteiger partial charge is 0.458 e. The van der Waals surface area contributed by atoms with Gasteiger partial charge in [0.05, 0.1) is 0 Å². The smallest absolute Gasteiger partial charge is 0.201 e. The summed E-state index contributed by atoms with van der Waals surface area (Å²) in [4.78, 5) is 0. The van der Waals surface area contributed by atoms with Gasteiger partial charge in [-0.25, -0.2) is 0 Å². The Morgan fingerprint density at radius 1 is 0.316 bits per heavy atom. The number of hydrogen-bond acceptors (Lipinski definition) is 1. The quantitative estimate of drug-likeness (QED) is 0.157. The van der Waals surface area contributed by atoms with Crippen LogP contribution in [-0.4, -0.2) is 7.28 Å². The molecule has 1 aliphatic heterocycles. The third-order valence-corrected chi connectivity index (χ3v) is 8.28. The van der Waals surface area contributed by atoms with Gasteiger partial charge in [0.15, 0.2) is 0 Å². The molecule has 0 atom stereocenters. The Morgan fingerprint density at radius 2 is 0.579 bits per heavy atom. The van der Waals surface area contributed by atoms with Gasteiger partial charge >= 0.3 is 0 Å². The minimum atomic E-state index is 0.912. The third kappa shape index (κ3) is 2.67. The predicted octanol–water partition coefficient (Wildman–Crippen LogP) is 8.37. The predicted molar refractivity (Wildman–Crippen MR) is 163 cm³/mol. The summed E-state index contributed by atoms with van der Waals surface area (Å²) in [6.45, 7) is 0. The minimum absolute atomic E-state index is 0.912. The molecule has 1 aliphatic rings. The molecule has 0 amide bonds. The Balaban J connectivity index is 1.34. The van der Waals surface area contributed by atoms with Crippen LogP contribution in [-0.2, 0) is 0 Å². The number of fused-ring (bicyclic) bond motifs is 14. The monoisotopic (exact) mass is 479 g/mol. The first-order valence-electron chi connectivity index (χ1n) is 13.1. The van der Waals surface area contributed by atoms with Crippen molar-refractivity contribution in [1.29, 1.82) is 0 Å². The molecular weight excluding hydrogens is 459 g/mol. The first kappa shape index (κ1) is 20.3. The normalized spacial score (nSPS) is 12.6. The van der Waals surface area contributed by atoms with E-state index in [1.807, 2.05) is 0 Å². The van der Waals surface area contributed by atoms with Crippen LogP contribution < -0.4 is 15.7 Å². The summed E-state index contributed by atoms with van der Waals surface area (Å²) in [5.41, 5.74) is 2.24. The Bertz CT molecular complexity index is 1970. The fourth-order valence-corrected chi connectivity index (χ4v) is 6.58. The average molecular weight is 479 g/mol. The van der Waals surface area contributed by atoms with Crippen molar-refractivity contribution in [3.05, 3.63) is 121 Å². The maximum atomic E-state index is 6.68. The van der Waals surface area contributed by atoms with Gasteiger partial charge in [0.1, 0.15) is 11.5 Å². The van der Waals surface area contributed by atoms with Crippen molar-refractivity contribution in [2.45, 2.75) is 0 Å². The first-order valence-corrected chi connectivity index (χ1v) is 13.1. The zero-order chi connectivity index (χ0) is 24.8. The van der Waals surface area contributed by atoms with Crippen molar-refractivity contribution < 1.29 is 4.74 Å². The van der Waals surface area contributed by atoms with Crippen LogP contribution in [0, 0.1) is 0 Å². The molecule has 0 aliphatic carbocycles. The molecule has 173 valence electrons. The molecule has 1 heterocycles. The molecule has 0 spiro atoms. The van der Waals surface area contributed by atoms with Gasteiger partial charge in [-0.3, -0.25) is 0 Å². The summed E-state index contributed by atoms with van der Waals surface area (Å²) in [6, 6.07) is 43.9. The van der Waals surface area contributed by atoms with E-state index in [0.29, 0.717) is 0 Å². The fourth-order valence-electron chi connectivity index (χ4n) is 6.58. The molecule has 0 bridgehead atoms. The van der Waals surface area contributed by atoms with Gasteiger partial charge in [0.25, 0.3) is 0 Å². The SMILES string of the molecule is [B]1c2cc3c4ccccc4c4ccccc4c3cc2Oc2cc3c4ccccc4c4ccccc4c3cc21. The van der Waals surface area contributed by atoms with Crippen molar-refractivity contribution in [2.75, 3.05) is 0 Å². The van der Waals surface area contributed by atoms with Gasteiger partial charge in [-0.1, -0.05) is 109 Å². The maximum absolute atomic E-state index is 6.68. The standard InChI is InChI=1S/C36H20BO/c1-5-13-25-21(9-1)23-11-3-7-15-27(23)31-19-35-33(17-29(25)31)37-34-18-30-26-14-6-2-10-22(26)24-12-4-8-16-28(24)32(30)20-36(34)38-35/h1-20H. The summed E-state index contributed by atoms with van der Waals surface area (Å²) in [7, 11) is 2.29. The number of ether oxygens (including phenoxy) is 1. The summed E-state index contributed by atoms with van der Waals surface area (Å²) < 4.78 is 6.68. The lowest BCUT2D eigenvalue weighted by molar-refractivity contribution is 0.489. The maximum Gasteiger partial charge on any atom is 0.201 e. The minimum Gasteiger partial charge on any atom is -0.458 e. The van der Waals surface area contributed by atoms with Crippen LogP contribution in [0.4, 0.5) is 0 Å². The Kier molecular flexibility index (Phi) is 3.93. The molecule has 0 saturated heterocycles. The summed E-state index contributed by atoms with van der Waals surface area (Å²) >= 11 is 0. The van der Waals surface area contributed by atoms with Gasteiger partial charge in [0, 0.05) is 0 Å². The molecule has 1 radical (unpaired) electrons. The van der Waals surface area contributed by atoms with Gasteiger partial charge in [-0.2, -0.15) is 0 Å². The Hall–Kier alpha value is -4.82. The van der Waals surface area contributed by atoms with E-state index < -0.39 is 0 Å². The zero-order valence-corrected chi connectivity index (χ0v) is 20.5. The molecule has 0 saturated carbocycles. The second-order valence-corrected chi connectivity index (χ2v) is 10.3. The first-order chi connectivity index (χ1) is 18.8. The van der Waals surface area contributed by atoms with Gasteiger partial charge in [-0.15, -0.1) is 0 Å². The second-order valence-electron chi connectivity index (χ2n) is 10.3. The average Bonchev–Trinajstić information content (AvgIpc) is 2.99. The zero-order valence-electron chi connectivity index (χ0n) is 20.5. The van der Waals surface area contributed by atoms with Crippen LogP contribution in [0.1, 0.15) is 0 Å². The number of benzene rings is 8. The highest BCUT2D eigenvalue weighted by molar-refractivity contribution is 6.70. The highest BCUT2D eigenvalue weighted by atomic mass is 16.5. The topological polar surface area (TPSA) is 9.23 Å². The highest BCUT2D eigenvalue weighted by Gasteiger charge is 2.22. The molecule has 38 heavy (non-hydrogen) atoms. The molecule has 0 fully saturated rings. The molecule has 0 unspecified atom stereocenters. The van der Waals surface area contributed by atoms with Crippen molar-refractivity contribution in [1.82, 2.24) is 0 Å². The summed E-state index contributed by atoms with van der Waals surface area (Å²) in [5.74, 6) is 1.82. The fraction of sp³-hybridized carbons (Fsp3) is 0. The molecule has 1 nitrogen and oxygen atoms in total. The van der Waals surface area contributed by atoms with Crippen LogP contribution in [0.5, 0.6) is 11.5 Å². The lowest BCUT2D eigenvalue weighted by atomic mass is 9.61. The van der Waals surface area contributed by atoms with Gasteiger partial charge in [0.2, 0.25) is 7.28 Å². The van der Waals surface area contributed by atoms with E-state index >= 15 is 0 Å². The van der Waals surface area contributed by atoms with E-state index in [9.17, 15) is 0 Å². The van der Waals surface area contributed by atoms with Crippen molar-refractivity contribution >= 4 is 82.8 Å². The van der Waals surface area contributed by atoms with Crippen LogP contribution in [0.25, 0.3) is 64.6 Å². The third-order valence-electron chi connectivity index (χ3n) is 8.28. The van der Waals surface area contributed by atoms with E-state index in [1.165, 1.54) is 64.6 Å². The molecule has 8 aromatic carbocycles. The molecule has 2 heteroatoms. The molecular formula is C36H20BO. The van der Waals surface area contributed by atoms with Gasteiger partial charge in [-0.05, 0) is 87.7 Å². The van der Waals surface area contributed by atoms with E-state index in [-0.39, 0.29) is 0 Å². The summed E-state index contributed by atoms with van der Waals surface area (Å²) in [5, 5.41) is 15.2. The van der Waals surface area contributed by atoms with Crippen LogP contribution in [0.3, 0.4) is 0 Å². The molecule has 0 N–H and O–H groups in total. The van der Waals surface area contributed by atoms with Crippen LogP contribution in [0.2, 0.25) is 0 Å². The van der Waals surface area contributed by atoms with E-state index in [0.717, 1.165) is 22.4 Å².